The first-order valence-corrected chi connectivity index (χ1v) is 10.1. The Morgan fingerprint density at radius 3 is 2.45 bits per heavy atom. The Morgan fingerprint density at radius 2 is 1.90 bits per heavy atom. The highest BCUT2D eigenvalue weighted by Gasteiger charge is 2.28. The molecule has 2 heterocycles. The summed E-state index contributed by atoms with van der Waals surface area (Å²) in [5.41, 5.74) is 0.390. The molecule has 0 aliphatic heterocycles. The normalized spacial score (nSPS) is 11.6. The van der Waals surface area contributed by atoms with Crippen LogP contribution in [0.25, 0.3) is 0 Å². The summed E-state index contributed by atoms with van der Waals surface area (Å²) in [5, 5.41) is 6.16. The number of furan rings is 1. The molecule has 152 valence electrons. The number of carbonyl (C=O) groups is 2. The highest BCUT2D eigenvalue weighted by molar-refractivity contribution is 7.89. The van der Waals surface area contributed by atoms with Gasteiger partial charge in [-0.1, -0.05) is 17.3 Å². The zero-order valence-electron chi connectivity index (χ0n) is 15.8. The highest BCUT2D eigenvalue weighted by atomic mass is 32.2. The van der Waals surface area contributed by atoms with Crippen LogP contribution in [0.15, 0.2) is 62.6 Å². The molecule has 3 rings (SSSR count). The van der Waals surface area contributed by atoms with Crippen LogP contribution in [0.5, 0.6) is 0 Å². The average Bonchev–Trinajstić information content (AvgIpc) is 3.33. The molecule has 0 fully saturated rings. The minimum Gasteiger partial charge on any atom is -0.468 e. The standard InChI is InChI=1S/C19H19N3O6S/c1-13-10-18(21-28-13)20-19(24)12-22(11-16-4-3-9-27-16)29(25,26)17-7-5-15(6-8-17)14(2)23/h3-10H,11-12H2,1-2H3,(H,20,21,24). The molecule has 1 aromatic carbocycles. The van der Waals surface area contributed by atoms with Gasteiger partial charge in [0, 0.05) is 11.6 Å². The van der Waals surface area contributed by atoms with Gasteiger partial charge >= 0.3 is 0 Å². The number of carbonyl (C=O) groups excluding carboxylic acids is 2. The van der Waals surface area contributed by atoms with Gasteiger partial charge in [-0.05, 0) is 38.1 Å². The summed E-state index contributed by atoms with van der Waals surface area (Å²) in [6, 6.07) is 10.3. The van der Waals surface area contributed by atoms with Crippen LogP contribution >= 0.6 is 0 Å². The molecule has 0 saturated heterocycles. The number of rotatable bonds is 8. The first kappa shape index (κ1) is 20.5. The zero-order chi connectivity index (χ0) is 21.0. The molecule has 0 spiro atoms. The van der Waals surface area contributed by atoms with Crippen molar-refractivity contribution in [3.63, 3.8) is 0 Å². The summed E-state index contributed by atoms with van der Waals surface area (Å²) >= 11 is 0. The lowest BCUT2D eigenvalue weighted by Gasteiger charge is -2.20. The van der Waals surface area contributed by atoms with Gasteiger partial charge in [0.15, 0.2) is 11.6 Å². The van der Waals surface area contributed by atoms with Crippen LogP contribution in [0, 0.1) is 6.92 Å². The Kier molecular flexibility index (Phi) is 5.95. The van der Waals surface area contributed by atoms with E-state index in [0.717, 1.165) is 4.31 Å². The van der Waals surface area contributed by atoms with Gasteiger partial charge in [0.05, 0.1) is 24.2 Å². The van der Waals surface area contributed by atoms with Crippen molar-refractivity contribution in [1.82, 2.24) is 9.46 Å². The van der Waals surface area contributed by atoms with Crippen LogP contribution in [0.2, 0.25) is 0 Å². The maximum absolute atomic E-state index is 13.1. The topological polar surface area (TPSA) is 123 Å². The molecular weight excluding hydrogens is 398 g/mol. The molecular formula is C19H19N3O6S. The molecule has 0 unspecified atom stereocenters. The Bertz CT molecular complexity index is 1100. The quantitative estimate of drug-likeness (QED) is 0.559. The molecule has 3 aromatic rings. The number of amides is 1. The molecule has 0 bridgehead atoms. The smallest absolute Gasteiger partial charge is 0.243 e. The fourth-order valence-corrected chi connectivity index (χ4v) is 3.94. The van der Waals surface area contributed by atoms with Crippen LogP contribution in [0.4, 0.5) is 5.82 Å². The summed E-state index contributed by atoms with van der Waals surface area (Å²) in [7, 11) is -4.04. The van der Waals surface area contributed by atoms with E-state index in [1.807, 2.05) is 0 Å². The first-order chi connectivity index (χ1) is 13.8. The third-order valence-electron chi connectivity index (χ3n) is 4.03. The number of hydrogen-bond acceptors (Lipinski definition) is 7. The average molecular weight is 417 g/mol. The van der Waals surface area contributed by atoms with E-state index in [2.05, 4.69) is 10.5 Å². The highest BCUT2D eigenvalue weighted by Crippen LogP contribution is 2.20. The molecule has 0 aliphatic rings. The molecule has 29 heavy (non-hydrogen) atoms. The molecule has 2 aromatic heterocycles. The third-order valence-corrected chi connectivity index (χ3v) is 5.83. The van der Waals surface area contributed by atoms with Crippen molar-refractivity contribution in [2.24, 2.45) is 0 Å². The van der Waals surface area contributed by atoms with Crippen LogP contribution in [-0.2, 0) is 21.4 Å². The molecule has 1 N–H and O–H groups in total. The van der Waals surface area contributed by atoms with E-state index < -0.39 is 22.5 Å². The van der Waals surface area contributed by atoms with E-state index in [-0.39, 0.29) is 23.0 Å². The number of ketones is 1. The SMILES string of the molecule is CC(=O)c1ccc(S(=O)(=O)N(CC(=O)Nc2cc(C)on2)Cc2ccco2)cc1. The van der Waals surface area contributed by atoms with E-state index in [9.17, 15) is 18.0 Å². The second-order valence-corrected chi connectivity index (χ2v) is 8.24. The summed E-state index contributed by atoms with van der Waals surface area (Å²) < 4.78 is 37.3. The molecule has 0 aliphatic carbocycles. The Labute approximate surface area is 167 Å². The number of sulfonamides is 1. The van der Waals surface area contributed by atoms with E-state index in [4.69, 9.17) is 8.94 Å². The molecule has 10 heteroatoms. The van der Waals surface area contributed by atoms with Gasteiger partial charge in [-0.15, -0.1) is 0 Å². The fourth-order valence-electron chi connectivity index (χ4n) is 2.58. The van der Waals surface area contributed by atoms with Crippen LogP contribution in [-0.4, -0.2) is 36.1 Å². The monoisotopic (exact) mass is 417 g/mol. The van der Waals surface area contributed by atoms with E-state index in [0.29, 0.717) is 17.1 Å². The van der Waals surface area contributed by atoms with Crippen molar-refractivity contribution in [1.29, 1.82) is 0 Å². The predicted octanol–water partition coefficient (Wildman–Crippen LogP) is 2.61. The van der Waals surface area contributed by atoms with Crippen LogP contribution < -0.4 is 5.32 Å². The lowest BCUT2D eigenvalue weighted by molar-refractivity contribution is -0.116. The zero-order valence-corrected chi connectivity index (χ0v) is 16.6. The van der Waals surface area contributed by atoms with Gasteiger partial charge in [-0.2, -0.15) is 4.31 Å². The number of nitrogens with one attached hydrogen (secondary N) is 1. The minimum absolute atomic E-state index is 0.0425. The Balaban J connectivity index is 1.85. The van der Waals surface area contributed by atoms with Gasteiger partial charge < -0.3 is 14.3 Å². The second kappa shape index (κ2) is 8.41. The van der Waals surface area contributed by atoms with Crippen LogP contribution in [0.1, 0.15) is 28.8 Å². The van der Waals surface area contributed by atoms with Crippen molar-refractivity contribution >= 4 is 27.5 Å². The molecule has 0 atom stereocenters. The number of anilines is 1. The maximum Gasteiger partial charge on any atom is 0.243 e. The number of hydrogen-bond donors (Lipinski definition) is 1. The van der Waals surface area contributed by atoms with Crippen molar-refractivity contribution in [2.45, 2.75) is 25.3 Å². The van der Waals surface area contributed by atoms with Crippen molar-refractivity contribution in [3.8, 4) is 0 Å². The molecule has 0 saturated carbocycles. The van der Waals surface area contributed by atoms with Crippen LogP contribution in [0.3, 0.4) is 0 Å². The van der Waals surface area contributed by atoms with Gasteiger partial charge in [0.2, 0.25) is 15.9 Å². The molecule has 1 amide bonds. The maximum atomic E-state index is 13.1. The second-order valence-electron chi connectivity index (χ2n) is 6.30. The van der Waals surface area contributed by atoms with Gasteiger partial charge in [-0.3, -0.25) is 9.59 Å². The van der Waals surface area contributed by atoms with Gasteiger partial charge in [0.25, 0.3) is 0 Å². The molecule has 9 nitrogen and oxygen atoms in total. The van der Waals surface area contributed by atoms with Crippen molar-refractivity contribution in [2.75, 3.05) is 11.9 Å². The molecule has 0 radical (unpaired) electrons. The fraction of sp³-hybridized carbons (Fsp3) is 0.211. The third kappa shape index (κ3) is 4.98. The first-order valence-electron chi connectivity index (χ1n) is 8.62. The van der Waals surface area contributed by atoms with Crippen molar-refractivity contribution < 1.29 is 26.9 Å². The summed E-state index contributed by atoms with van der Waals surface area (Å²) in [5.74, 6) is 0.302. The van der Waals surface area contributed by atoms with Gasteiger partial charge in [0.1, 0.15) is 11.5 Å². The largest absolute Gasteiger partial charge is 0.468 e. The van der Waals surface area contributed by atoms with E-state index in [1.54, 1.807) is 19.1 Å². The number of nitrogens with zero attached hydrogens (tertiary/aromatic N) is 2. The number of Topliss-reactive ketones (excluding diaryl/α,β-unsaturated/α-hetero) is 1. The summed E-state index contributed by atoms with van der Waals surface area (Å²) in [6.45, 7) is 2.45. The minimum atomic E-state index is -4.04. The van der Waals surface area contributed by atoms with E-state index in [1.165, 1.54) is 43.5 Å². The Hall–Kier alpha value is -3.24. The van der Waals surface area contributed by atoms with Gasteiger partial charge in [-0.25, -0.2) is 8.42 Å². The lowest BCUT2D eigenvalue weighted by atomic mass is 10.2. The number of aromatic nitrogens is 1. The van der Waals surface area contributed by atoms with E-state index >= 15 is 0 Å². The lowest BCUT2D eigenvalue weighted by Crippen LogP contribution is -2.37. The predicted molar refractivity (Wildman–Crippen MR) is 103 cm³/mol. The number of aryl methyl sites for hydroxylation is 1. The number of benzene rings is 1. The summed E-state index contributed by atoms with van der Waals surface area (Å²) in [6.07, 6.45) is 1.42. The van der Waals surface area contributed by atoms with Crippen molar-refractivity contribution in [3.05, 3.63) is 65.8 Å². The summed E-state index contributed by atoms with van der Waals surface area (Å²) in [4.78, 5) is 23.8. The Morgan fingerprint density at radius 1 is 1.17 bits per heavy atom.